The zero-order valence-corrected chi connectivity index (χ0v) is 10.6. The van der Waals surface area contributed by atoms with Gasteiger partial charge in [0.15, 0.2) is 0 Å². The van der Waals surface area contributed by atoms with E-state index in [0.29, 0.717) is 12.3 Å². The van der Waals surface area contributed by atoms with E-state index >= 15 is 0 Å². The second-order valence-electron chi connectivity index (χ2n) is 4.81. The van der Waals surface area contributed by atoms with Gasteiger partial charge in [-0.15, -0.1) is 0 Å². The van der Waals surface area contributed by atoms with E-state index in [1.807, 2.05) is 12.1 Å². The Kier molecular flexibility index (Phi) is 4.94. The van der Waals surface area contributed by atoms with Gasteiger partial charge in [0, 0.05) is 25.4 Å². The molecule has 1 aliphatic rings. The van der Waals surface area contributed by atoms with Gasteiger partial charge in [-0.05, 0) is 49.3 Å². The molecule has 3 heteroatoms. The number of nitrogens with one attached hydrogen (secondary N) is 1. The zero-order chi connectivity index (χ0) is 12.6. The van der Waals surface area contributed by atoms with Crippen molar-refractivity contribution in [1.82, 2.24) is 10.3 Å². The van der Waals surface area contributed by atoms with Crippen molar-refractivity contribution >= 4 is 5.91 Å². The lowest BCUT2D eigenvalue weighted by molar-refractivity contribution is -0.121. The molecule has 0 fully saturated rings. The summed E-state index contributed by atoms with van der Waals surface area (Å²) in [4.78, 5) is 15.7. The standard InChI is InChI=1S/C15H20N2O/c18-15(7-6-13-8-10-16-11-9-13)17-12-14-4-2-1-3-5-14/h1-2,8-11,14H,3-7,12H2,(H,17,18). The lowest BCUT2D eigenvalue weighted by Gasteiger charge is -2.18. The van der Waals surface area contributed by atoms with Crippen LogP contribution in [-0.2, 0) is 11.2 Å². The van der Waals surface area contributed by atoms with Crippen LogP contribution in [0.25, 0.3) is 0 Å². The van der Waals surface area contributed by atoms with Crippen LogP contribution in [0.1, 0.15) is 31.2 Å². The van der Waals surface area contributed by atoms with E-state index < -0.39 is 0 Å². The van der Waals surface area contributed by atoms with Crippen molar-refractivity contribution in [1.29, 1.82) is 0 Å². The number of hydrogen-bond donors (Lipinski definition) is 1. The molecule has 1 heterocycles. The highest BCUT2D eigenvalue weighted by molar-refractivity contribution is 5.76. The van der Waals surface area contributed by atoms with E-state index in [1.165, 1.54) is 12.0 Å². The summed E-state index contributed by atoms with van der Waals surface area (Å²) >= 11 is 0. The van der Waals surface area contributed by atoms with Crippen molar-refractivity contribution in [2.75, 3.05) is 6.54 Å². The van der Waals surface area contributed by atoms with Gasteiger partial charge in [-0.3, -0.25) is 9.78 Å². The van der Waals surface area contributed by atoms with Crippen LogP contribution >= 0.6 is 0 Å². The van der Waals surface area contributed by atoms with E-state index in [0.717, 1.165) is 25.8 Å². The Morgan fingerprint density at radius 2 is 2.17 bits per heavy atom. The van der Waals surface area contributed by atoms with Crippen molar-refractivity contribution in [2.24, 2.45) is 5.92 Å². The first-order chi connectivity index (χ1) is 8.84. The number of pyridine rings is 1. The Balaban J connectivity index is 1.64. The van der Waals surface area contributed by atoms with Crippen LogP contribution in [0.4, 0.5) is 0 Å². The summed E-state index contributed by atoms with van der Waals surface area (Å²) in [5, 5.41) is 3.03. The fourth-order valence-corrected chi connectivity index (χ4v) is 2.20. The molecular formula is C15H20N2O. The monoisotopic (exact) mass is 244 g/mol. The molecule has 0 saturated heterocycles. The van der Waals surface area contributed by atoms with Gasteiger partial charge in [0.25, 0.3) is 0 Å². The van der Waals surface area contributed by atoms with Crippen LogP contribution in [0.15, 0.2) is 36.7 Å². The minimum absolute atomic E-state index is 0.154. The van der Waals surface area contributed by atoms with Crippen molar-refractivity contribution in [3.8, 4) is 0 Å². The maximum Gasteiger partial charge on any atom is 0.220 e. The lowest BCUT2D eigenvalue weighted by Crippen LogP contribution is -2.29. The third-order valence-corrected chi connectivity index (χ3v) is 3.36. The molecule has 0 bridgehead atoms. The number of carbonyl (C=O) groups excluding carboxylic acids is 1. The minimum Gasteiger partial charge on any atom is -0.356 e. The molecule has 96 valence electrons. The number of aryl methyl sites for hydroxylation is 1. The molecule has 0 aromatic carbocycles. The van der Waals surface area contributed by atoms with Crippen LogP contribution in [0.5, 0.6) is 0 Å². The number of rotatable bonds is 5. The quantitative estimate of drug-likeness (QED) is 0.809. The Bertz CT molecular complexity index is 400. The number of allylic oxidation sites excluding steroid dienone is 2. The average Bonchev–Trinajstić information content (AvgIpc) is 2.45. The molecule has 1 amide bonds. The molecule has 0 spiro atoms. The van der Waals surface area contributed by atoms with Crippen LogP contribution in [0.3, 0.4) is 0 Å². The number of hydrogen-bond acceptors (Lipinski definition) is 2. The molecule has 1 aromatic heterocycles. The molecule has 18 heavy (non-hydrogen) atoms. The summed E-state index contributed by atoms with van der Waals surface area (Å²) < 4.78 is 0. The maximum absolute atomic E-state index is 11.7. The highest BCUT2D eigenvalue weighted by atomic mass is 16.1. The predicted molar refractivity (Wildman–Crippen MR) is 72.0 cm³/mol. The number of amides is 1. The van der Waals surface area contributed by atoms with Crippen LogP contribution in [0.2, 0.25) is 0 Å². The van der Waals surface area contributed by atoms with Gasteiger partial charge in [-0.1, -0.05) is 12.2 Å². The zero-order valence-electron chi connectivity index (χ0n) is 10.6. The summed E-state index contributed by atoms with van der Waals surface area (Å²) in [6.45, 7) is 0.819. The fraction of sp³-hybridized carbons (Fsp3) is 0.467. The van der Waals surface area contributed by atoms with Gasteiger partial charge >= 0.3 is 0 Å². The number of carbonyl (C=O) groups is 1. The third-order valence-electron chi connectivity index (χ3n) is 3.36. The molecule has 2 rings (SSSR count). The second-order valence-corrected chi connectivity index (χ2v) is 4.81. The second kappa shape index (κ2) is 6.94. The highest BCUT2D eigenvalue weighted by Crippen LogP contribution is 2.16. The first-order valence-electron chi connectivity index (χ1n) is 6.65. The maximum atomic E-state index is 11.7. The fourth-order valence-electron chi connectivity index (χ4n) is 2.20. The largest absolute Gasteiger partial charge is 0.356 e. The van der Waals surface area contributed by atoms with E-state index in [4.69, 9.17) is 0 Å². The van der Waals surface area contributed by atoms with E-state index in [-0.39, 0.29) is 5.91 Å². The van der Waals surface area contributed by atoms with Gasteiger partial charge < -0.3 is 5.32 Å². The summed E-state index contributed by atoms with van der Waals surface area (Å²) in [6, 6.07) is 3.92. The molecule has 1 atom stereocenters. The number of aromatic nitrogens is 1. The molecule has 3 nitrogen and oxygen atoms in total. The van der Waals surface area contributed by atoms with E-state index in [9.17, 15) is 4.79 Å². The summed E-state index contributed by atoms with van der Waals surface area (Å²) in [5.74, 6) is 0.779. The van der Waals surface area contributed by atoms with Gasteiger partial charge in [-0.25, -0.2) is 0 Å². The Morgan fingerprint density at radius 1 is 1.33 bits per heavy atom. The van der Waals surface area contributed by atoms with Crippen LogP contribution in [0, 0.1) is 5.92 Å². The lowest BCUT2D eigenvalue weighted by atomic mass is 9.94. The third kappa shape index (κ3) is 4.32. The molecule has 1 aromatic rings. The Morgan fingerprint density at radius 3 is 2.89 bits per heavy atom. The summed E-state index contributed by atoms with van der Waals surface area (Å²) in [6.07, 6.45) is 12.8. The van der Waals surface area contributed by atoms with E-state index in [1.54, 1.807) is 12.4 Å². The van der Waals surface area contributed by atoms with Crippen molar-refractivity contribution in [3.63, 3.8) is 0 Å². The summed E-state index contributed by atoms with van der Waals surface area (Å²) in [5.41, 5.74) is 1.17. The molecule has 0 saturated carbocycles. The predicted octanol–water partition coefficient (Wildman–Crippen LogP) is 2.49. The molecule has 1 unspecified atom stereocenters. The van der Waals surface area contributed by atoms with Gasteiger partial charge in [0.1, 0.15) is 0 Å². The van der Waals surface area contributed by atoms with Crippen molar-refractivity contribution < 1.29 is 4.79 Å². The Labute approximate surface area is 108 Å². The Hall–Kier alpha value is -1.64. The average molecular weight is 244 g/mol. The van der Waals surface area contributed by atoms with E-state index in [2.05, 4.69) is 22.5 Å². The first kappa shape index (κ1) is 12.8. The molecular weight excluding hydrogens is 224 g/mol. The molecule has 1 N–H and O–H groups in total. The van der Waals surface area contributed by atoms with Crippen molar-refractivity contribution in [3.05, 3.63) is 42.2 Å². The normalized spacial score (nSPS) is 18.6. The van der Waals surface area contributed by atoms with Gasteiger partial charge in [0.05, 0.1) is 0 Å². The van der Waals surface area contributed by atoms with Gasteiger partial charge in [0.2, 0.25) is 5.91 Å². The highest BCUT2D eigenvalue weighted by Gasteiger charge is 2.11. The first-order valence-corrected chi connectivity index (χ1v) is 6.65. The minimum atomic E-state index is 0.154. The van der Waals surface area contributed by atoms with Crippen LogP contribution in [-0.4, -0.2) is 17.4 Å². The van der Waals surface area contributed by atoms with Crippen LogP contribution < -0.4 is 5.32 Å². The SMILES string of the molecule is O=C(CCc1ccncc1)NCC1CC=CCC1. The molecule has 0 aliphatic heterocycles. The molecule has 1 aliphatic carbocycles. The number of nitrogens with zero attached hydrogens (tertiary/aromatic N) is 1. The molecule has 0 radical (unpaired) electrons. The topological polar surface area (TPSA) is 42.0 Å². The van der Waals surface area contributed by atoms with Crippen molar-refractivity contribution in [2.45, 2.75) is 32.1 Å². The van der Waals surface area contributed by atoms with Gasteiger partial charge in [-0.2, -0.15) is 0 Å². The smallest absolute Gasteiger partial charge is 0.220 e. The summed E-state index contributed by atoms with van der Waals surface area (Å²) in [7, 11) is 0.